The Morgan fingerprint density at radius 3 is 2.59 bits per heavy atom. The highest BCUT2D eigenvalue weighted by Crippen LogP contribution is 2.33. The quantitative estimate of drug-likeness (QED) is 0.228. The molecule has 208 valence electrons. The fourth-order valence-corrected chi connectivity index (χ4v) is 4.99. The Labute approximate surface area is 238 Å². The number of imidazole rings is 1. The maximum atomic E-state index is 13.0. The number of nitrogens with one attached hydrogen (secondary N) is 1. The zero-order valence-corrected chi connectivity index (χ0v) is 23.1. The molecule has 8 nitrogen and oxygen atoms in total. The number of carbonyl (C=O) groups is 1. The summed E-state index contributed by atoms with van der Waals surface area (Å²) < 4.78 is 24.0. The lowest BCUT2D eigenvalue weighted by Gasteiger charge is -2.10. The fourth-order valence-electron chi connectivity index (χ4n) is 4.99. The SMILES string of the molecule is CCOc1cccc(-c2ccc3nc(-c4ccc(OC)cc4)c(CCC(=O)NCc4ccc5c(c4)OCO5)n3c2)c1. The number of ether oxygens (including phenoxy) is 4. The highest BCUT2D eigenvalue weighted by molar-refractivity contribution is 5.77. The van der Waals surface area contributed by atoms with Crippen molar-refractivity contribution in [3.05, 3.63) is 96.3 Å². The molecule has 3 heterocycles. The first-order valence-electron chi connectivity index (χ1n) is 13.6. The number of rotatable bonds is 10. The highest BCUT2D eigenvalue weighted by atomic mass is 16.7. The van der Waals surface area contributed by atoms with Crippen LogP contribution in [0.4, 0.5) is 0 Å². The van der Waals surface area contributed by atoms with Crippen LogP contribution in [-0.4, -0.2) is 35.8 Å². The van der Waals surface area contributed by atoms with Gasteiger partial charge in [-0.2, -0.15) is 0 Å². The van der Waals surface area contributed by atoms with Crippen LogP contribution in [0.25, 0.3) is 28.0 Å². The summed E-state index contributed by atoms with van der Waals surface area (Å²) in [6, 6.07) is 25.7. The molecule has 0 aliphatic carbocycles. The van der Waals surface area contributed by atoms with Crippen molar-refractivity contribution in [2.45, 2.75) is 26.3 Å². The van der Waals surface area contributed by atoms with Crippen molar-refractivity contribution in [2.75, 3.05) is 20.5 Å². The van der Waals surface area contributed by atoms with E-state index >= 15 is 0 Å². The van der Waals surface area contributed by atoms with E-state index in [1.165, 1.54) is 0 Å². The molecular formula is C33H31N3O5. The van der Waals surface area contributed by atoms with E-state index in [0.29, 0.717) is 31.7 Å². The van der Waals surface area contributed by atoms with Gasteiger partial charge in [0, 0.05) is 24.7 Å². The maximum absolute atomic E-state index is 13.0. The molecule has 0 spiro atoms. The van der Waals surface area contributed by atoms with Crippen LogP contribution in [0.5, 0.6) is 23.0 Å². The zero-order chi connectivity index (χ0) is 28.2. The number of methoxy groups -OCH3 is 1. The summed E-state index contributed by atoms with van der Waals surface area (Å²) in [5.41, 5.74) is 6.62. The number of pyridine rings is 1. The summed E-state index contributed by atoms with van der Waals surface area (Å²) in [6.07, 6.45) is 2.91. The first-order valence-corrected chi connectivity index (χ1v) is 13.6. The number of aromatic nitrogens is 2. The second-order valence-electron chi connectivity index (χ2n) is 9.71. The van der Waals surface area contributed by atoms with Crippen molar-refractivity contribution in [2.24, 2.45) is 0 Å². The Bertz CT molecular complexity index is 1690. The Hall–Kier alpha value is -4.98. The third-order valence-corrected chi connectivity index (χ3v) is 7.07. The minimum absolute atomic E-state index is 0.0427. The standard InChI is InChI=1S/C33H31N3O5/c1-3-39-27-6-4-5-24(18-27)25-10-15-31-35-33(23-8-11-26(38-2)12-9-23)28(36(31)20-25)13-16-32(37)34-19-22-7-14-29-30(17-22)41-21-40-29/h4-12,14-15,17-18,20H,3,13,16,19,21H2,1-2H3,(H,34,37). The van der Waals surface area contributed by atoms with E-state index in [-0.39, 0.29) is 12.7 Å². The third kappa shape index (κ3) is 5.68. The molecule has 0 bridgehead atoms. The van der Waals surface area contributed by atoms with E-state index in [0.717, 1.165) is 56.5 Å². The maximum Gasteiger partial charge on any atom is 0.231 e. The molecule has 1 N–H and O–H groups in total. The molecule has 0 fully saturated rings. The van der Waals surface area contributed by atoms with Gasteiger partial charge in [-0.3, -0.25) is 4.79 Å². The van der Waals surface area contributed by atoms with E-state index in [2.05, 4.69) is 28.0 Å². The van der Waals surface area contributed by atoms with Crippen molar-refractivity contribution < 1.29 is 23.7 Å². The molecule has 0 saturated carbocycles. The summed E-state index contributed by atoms with van der Waals surface area (Å²) in [5, 5.41) is 3.03. The summed E-state index contributed by atoms with van der Waals surface area (Å²) in [7, 11) is 1.65. The van der Waals surface area contributed by atoms with E-state index < -0.39 is 0 Å². The topological polar surface area (TPSA) is 83.3 Å². The summed E-state index contributed by atoms with van der Waals surface area (Å²) >= 11 is 0. The van der Waals surface area contributed by atoms with Crippen molar-refractivity contribution in [1.29, 1.82) is 0 Å². The predicted octanol–water partition coefficient (Wildman–Crippen LogP) is 6.05. The van der Waals surface area contributed by atoms with Gasteiger partial charge in [-0.1, -0.05) is 18.2 Å². The molecule has 0 unspecified atom stereocenters. The first-order chi connectivity index (χ1) is 20.1. The lowest BCUT2D eigenvalue weighted by atomic mass is 10.1. The van der Waals surface area contributed by atoms with Gasteiger partial charge in [0.15, 0.2) is 11.5 Å². The number of amides is 1. The van der Waals surface area contributed by atoms with Crippen LogP contribution in [0.15, 0.2) is 85.1 Å². The minimum Gasteiger partial charge on any atom is -0.497 e. The fraction of sp³-hybridized carbons (Fsp3) is 0.212. The van der Waals surface area contributed by atoms with Gasteiger partial charge in [-0.15, -0.1) is 0 Å². The average molecular weight is 550 g/mol. The Kier molecular flexibility index (Phi) is 7.45. The van der Waals surface area contributed by atoms with Gasteiger partial charge < -0.3 is 28.7 Å². The molecule has 6 rings (SSSR count). The van der Waals surface area contributed by atoms with E-state index in [1.807, 2.05) is 73.7 Å². The number of benzene rings is 3. The molecule has 8 heteroatoms. The zero-order valence-electron chi connectivity index (χ0n) is 23.1. The highest BCUT2D eigenvalue weighted by Gasteiger charge is 2.17. The average Bonchev–Trinajstić information content (AvgIpc) is 3.63. The van der Waals surface area contributed by atoms with Gasteiger partial charge in [0.1, 0.15) is 17.1 Å². The predicted molar refractivity (Wildman–Crippen MR) is 157 cm³/mol. The Balaban J connectivity index is 1.27. The largest absolute Gasteiger partial charge is 0.497 e. The van der Waals surface area contributed by atoms with Gasteiger partial charge >= 0.3 is 0 Å². The molecule has 0 atom stereocenters. The normalized spacial score (nSPS) is 12.0. The minimum atomic E-state index is -0.0427. The summed E-state index contributed by atoms with van der Waals surface area (Å²) in [5.74, 6) is 2.99. The Morgan fingerprint density at radius 2 is 1.76 bits per heavy atom. The molecule has 1 aliphatic heterocycles. The molecule has 5 aromatic rings. The van der Waals surface area contributed by atoms with Crippen molar-refractivity contribution in [3.63, 3.8) is 0 Å². The lowest BCUT2D eigenvalue weighted by Crippen LogP contribution is -2.23. The Morgan fingerprint density at radius 1 is 0.927 bits per heavy atom. The number of hydrogen-bond donors (Lipinski definition) is 1. The molecule has 1 amide bonds. The second kappa shape index (κ2) is 11.6. The van der Waals surface area contributed by atoms with Crippen LogP contribution in [-0.2, 0) is 17.8 Å². The number of nitrogens with zero attached hydrogens (tertiary/aromatic N) is 2. The van der Waals surface area contributed by atoms with Gasteiger partial charge in [-0.05, 0) is 90.7 Å². The van der Waals surface area contributed by atoms with Crippen LogP contribution in [0.3, 0.4) is 0 Å². The van der Waals surface area contributed by atoms with E-state index in [4.69, 9.17) is 23.9 Å². The first kappa shape index (κ1) is 26.3. The molecule has 2 aromatic heterocycles. The molecular weight excluding hydrogens is 518 g/mol. The smallest absolute Gasteiger partial charge is 0.231 e. The number of fused-ring (bicyclic) bond motifs is 2. The van der Waals surface area contributed by atoms with Crippen molar-refractivity contribution in [3.8, 4) is 45.4 Å². The van der Waals surface area contributed by atoms with Gasteiger partial charge in [0.2, 0.25) is 12.7 Å². The van der Waals surface area contributed by atoms with Crippen LogP contribution in [0, 0.1) is 0 Å². The molecule has 0 saturated heterocycles. The number of carbonyl (C=O) groups excluding carboxylic acids is 1. The summed E-state index contributed by atoms with van der Waals surface area (Å²) in [6.45, 7) is 3.22. The number of aryl methyl sites for hydroxylation is 1. The van der Waals surface area contributed by atoms with Crippen LogP contribution >= 0.6 is 0 Å². The van der Waals surface area contributed by atoms with Crippen LogP contribution in [0.1, 0.15) is 24.6 Å². The third-order valence-electron chi connectivity index (χ3n) is 7.07. The summed E-state index contributed by atoms with van der Waals surface area (Å²) in [4.78, 5) is 17.9. The van der Waals surface area contributed by atoms with Gasteiger partial charge in [-0.25, -0.2) is 4.98 Å². The van der Waals surface area contributed by atoms with Crippen molar-refractivity contribution >= 4 is 11.6 Å². The van der Waals surface area contributed by atoms with Crippen LogP contribution < -0.4 is 24.3 Å². The van der Waals surface area contributed by atoms with Crippen molar-refractivity contribution in [1.82, 2.24) is 14.7 Å². The lowest BCUT2D eigenvalue weighted by molar-refractivity contribution is -0.121. The molecule has 0 radical (unpaired) electrons. The monoisotopic (exact) mass is 549 g/mol. The van der Waals surface area contributed by atoms with Crippen LogP contribution in [0.2, 0.25) is 0 Å². The molecule has 41 heavy (non-hydrogen) atoms. The second-order valence-corrected chi connectivity index (χ2v) is 9.71. The van der Waals surface area contributed by atoms with Gasteiger partial charge in [0.05, 0.1) is 25.1 Å². The van der Waals surface area contributed by atoms with E-state index in [9.17, 15) is 4.79 Å². The number of hydrogen-bond acceptors (Lipinski definition) is 6. The molecule has 3 aromatic carbocycles. The van der Waals surface area contributed by atoms with E-state index in [1.54, 1.807) is 7.11 Å². The van der Waals surface area contributed by atoms with Gasteiger partial charge in [0.25, 0.3) is 0 Å². The molecule has 1 aliphatic rings.